The van der Waals surface area contributed by atoms with Crippen molar-refractivity contribution in [2.75, 3.05) is 5.32 Å². The van der Waals surface area contributed by atoms with Gasteiger partial charge in [0.05, 0.1) is 0 Å². The van der Waals surface area contributed by atoms with Crippen molar-refractivity contribution < 1.29 is 4.79 Å². The van der Waals surface area contributed by atoms with Gasteiger partial charge in [0.25, 0.3) is 5.56 Å². The molecule has 1 N–H and O–H groups in total. The molecule has 0 aliphatic heterocycles. The highest BCUT2D eigenvalue weighted by Gasteiger charge is 2.18. The summed E-state index contributed by atoms with van der Waals surface area (Å²) in [7, 11) is 0. The summed E-state index contributed by atoms with van der Waals surface area (Å²) in [6, 6.07) is 5.40. The molecule has 4 rings (SSSR count). The summed E-state index contributed by atoms with van der Waals surface area (Å²) >= 11 is 1.57. The summed E-state index contributed by atoms with van der Waals surface area (Å²) in [5.41, 5.74) is 0.232. The molecule has 0 atom stereocenters. The first kappa shape index (κ1) is 16.4. The van der Waals surface area contributed by atoms with Crippen LogP contribution in [-0.4, -0.2) is 30.1 Å². The van der Waals surface area contributed by atoms with Crippen molar-refractivity contribution in [1.29, 1.82) is 0 Å². The molecule has 0 saturated heterocycles. The third-order valence-corrected chi connectivity index (χ3v) is 4.89. The third-order valence-electron chi connectivity index (χ3n) is 3.98. The lowest BCUT2D eigenvalue weighted by atomic mass is 10.2. The van der Waals surface area contributed by atoms with Crippen molar-refractivity contribution >= 4 is 38.8 Å². The van der Waals surface area contributed by atoms with Crippen LogP contribution in [0, 0.1) is 0 Å². The van der Waals surface area contributed by atoms with Gasteiger partial charge in [-0.1, -0.05) is 13.8 Å². The minimum atomic E-state index is -0.370. The summed E-state index contributed by atoms with van der Waals surface area (Å²) in [4.78, 5) is 33.9. The molecule has 4 aromatic rings. The Morgan fingerprint density at radius 2 is 2.19 bits per heavy atom. The average Bonchev–Trinajstić information content (AvgIpc) is 3.19. The van der Waals surface area contributed by atoms with Crippen molar-refractivity contribution in [2.45, 2.75) is 26.3 Å². The van der Waals surface area contributed by atoms with E-state index >= 15 is 0 Å². The van der Waals surface area contributed by atoms with E-state index in [9.17, 15) is 9.59 Å². The maximum Gasteiger partial charge on any atom is 0.291 e. The number of fused-ring (bicyclic) bond motifs is 3. The summed E-state index contributed by atoms with van der Waals surface area (Å²) < 4.78 is 3.11. The lowest BCUT2D eigenvalue weighted by Crippen LogP contribution is -2.32. The van der Waals surface area contributed by atoms with Crippen molar-refractivity contribution in [3.05, 3.63) is 52.3 Å². The number of aromatic nitrogens is 5. The molecule has 0 unspecified atom stereocenters. The molecule has 4 heterocycles. The molecule has 4 aromatic heterocycles. The van der Waals surface area contributed by atoms with Gasteiger partial charge in [-0.15, -0.1) is 11.3 Å². The first-order valence-electron chi connectivity index (χ1n) is 8.10. The Morgan fingerprint density at radius 3 is 2.92 bits per heavy atom. The van der Waals surface area contributed by atoms with Crippen LogP contribution in [0.5, 0.6) is 0 Å². The van der Waals surface area contributed by atoms with Crippen LogP contribution in [0.4, 0.5) is 5.82 Å². The van der Waals surface area contributed by atoms with Gasteiger partial charge in [0.1, 0.15) is 34.9 Å². The number of nitrogens with zero attached hydrogens (tertiary/aromatic N) is 5. The van der Waals surface area contributed by atoms with Gasteiger partial charge in [-0.2, -0.15) is 5.10 Å². The molecule has 26 heavy (non-hydrogen) atoms. The highest BCUT2D eigenvalue weighted by Crippen LogP contribution is 2.26. The zero-order valence-corrected chi connectivity index (χ0v) is 15.0. The lowest BCUT2D eigenvalue weighted by Gasteiger charge is -2.13. The van der Waals surface area contributed by atoms with E-state index in [1.54, 1.807) is 17.4 Å². The van der Waals surface area contributed by atoms with Crippen molar-refractivity contribution in [3.63, 3.8) is 0 Å². The quantitative estimate of drug-likeness (QED) is 0.596. The molecule has 8 nitrogen and oxygen atoms in total. The monoisotopic (exact) mass is 368 g/mol. The number of amides is 1. The van der Waals surface area contributed by atoms with Crippen LogP contribution in [0.15, 0.2) is 40.9 Å². The van der Waals surface area contributed by atoms with Crippen LogP contribution in [-0.2, 0) is 11.3 Å². The SMILES string of the molecule is CC(C)c1nn(CC(=O)Nc2ccncn2)c(=O)c2cc3ccsc3n12. The van der Waals surface area contributed by atoms with E-state index < -0.39 is 0 Å². The summed E-state index contributed by atoms with van der Waals surface area (Å²) in [5, 5.41) is 10.1. The Labute approximate surface area is 152 Å². The number of carbonyl (C=O) groups is 1. The molecule has 9 heteroatoms. The second kappa shape index (κ2) is 6.34. The van der Waals surface area contributed by atoms with Crippen LogP contribution in [0.1, 0.15) is 25.6 Å². The van der Waals surface area contributed by atoms with Crippen LogP contribution in [0.2, 0.25) is 0 Å². The normalized spacial score (nSPS) is 11.5. The highest BCUT2D eigenvalue weighted by molar-refractivity contribution is 7.16. The number of carbonyl (C=O) groups excluding carboxylic acids is 1. The van der Waals surface area contributed by atoms with E-state index in [0.717, 1.165) is 16.0 Å². The van der Waals surface area contributed by atoms with Crippen LogP contribution in [0.3, 0.4) is 0 Å². The first-order chi connectivity index (χ1) is 12.5. The molecule has 0 bridgehead atoms. The van der Waals surface area contributed by atoms with Crippen molar-refractivity contribution in [1.82, 2.24) is 24.1 Å². The molecule has 0 fully saturated rings. The standard InChI is InChI=1S/C17H16N6O2S/c1-10(2)15-21-22(8-14(24)20-13-3-5-18-9-19-13)16(25)12-7-11-4-6-26-17(11)23(12)15/h3-7,9-10H,8H2,1-2H3,(H,18,19,20,24). The maximum atomic E-state index is 12.8. The maximum absolute atomic E-state index is 12.8. The molecular weight excluding hydrogens is 352 g/mol. The van der Waals surface area contributed by atoms with Gasteiger partial charge < -0.3 is 5.32 Å². The van der Waals surface area contributed by atoms with E-state index in [-0.39, 0.29) is 23.9 Å². The molecule has 0 aromatic carbocycles. The molecular formula is C17H16N6O2S. The number of thiophene rings is 1. The van der Waals surface area contributed by atoms with Gasteiger partial charge >= 0.3 is 0 Å². The minimum absolute atomic E-state index is 0.0898. The van der Waals surface area contributed by atoms with Gasteiger partial charge in [0.2, 0.25) is 5.91 Å². The van der Waals surface area contributed by atoms with E-state index in [2.05, 4.69) is 20.4 Å². The fourth-order valence-electron chi connectivity index (χ4n) is 2.82. The smallest absolute Gasteiger partial charge is 0.291 e. The fourth-order valence-corrected chi connectivity index (χ4v) is 3.72. The largest absolute Gasteiger partial charge is 0.309 e. The zero-order chi connectivity index (χ0) is 18.3. The van der Waals surface area contributed by atoms with Gasteiger partial charge in [0, 0.05) is 17.5 Å². The topological polar surface area (TPSA) is 94.2 Å². The third kappa shape index (κ3) is 2.76. The highest BCUT2D eigenvalue weighted by atomic mass is 32.1. The predicted octanol–water partition coefficient (Wildman–Crippen LogP) is 2.26. The summed E-state index contributed by atoms with van der Waals surface area (Å²) in [6.45, 7) is 3.84. The molecule has 0 radical (unpaired) electrons. The van der Waals surface area contributed by atoms with Gasteiger partial charge in [-0.05, 0) is 23.6 Å². The van der Waals surface area contributed by atoms with Crippen LogP contribution >= 0.6 is 11.3 Å². The van der Waals surface area contributed by atoms with E-state index in [0.29, 0.717) is 11.3 Å². The van der Waals surface area contributed by atoms with E-state index in [1.165, 1.54) is 17.2 Å². The second-order valence-electron chi connectivity index (χ2n) is 6.16. The van der Waals surface area contributed by atoms with Gasteiger partial charge in [-0.25, -0.2) is 14.6 Å². The minimum Gasteiger partial charge on any atom is -0.309 e. The number of nitrogens with one attached hydrogen (secondary N) is 1. The zero-order valence-electron chi connectivity index (χ0n) is 14.2. The Balaban J connectivity index is 1.76. The summed E-state index contributed by atoms with van der Waals surface area (Å²) in [6.07, 6.45) is 2.87. The fraction of sp³-hybridized carbons (Fsp3) is 0.235. The first-order valence-corrected chi connectivity index (χ1v) is 8.98. The number of hydrogen-bond donors (Lipinski definition) is 1. The van der Waals surface area contributed by atoms with E-state index in [1.807, 2.05) is 35.8 Å². The number of hydrogen-bond acceptors (Lipinski definition) is 6. The van der Waals surface area contributed by atoms with Gasteiger partial charge in [-0.3, -0.25) is 14.0 Å². The molecule has 0 aliphatic rings. The van der Waals surface area contributed by atoms with Crippen LogP contribution in [0.25, 0.3) is 15.7 Å². The molecule has 0 aliphatic carbocycles. The second-order valence-corrected chi connectivity index (χ2v) is 7.06. The van der Waals surface area contributed by atoms with E-state index in [4.69, 9.17) is 0 Å². The average molecular weight is 368 g/mol. The number of rotatable bonds is 4. The number of anilines is 1. The molecule has 0 saturated carbocycles. The van der Waals surface area contributed by atoms with Crippen molar-refractivity contribution in [3.8, 4) is 0 Å². The molecule has 132 valence electrons. The van der Waals surface area contributed by atoms with Crippen LogP contribution < -0.4 is 10.9 Å². The Morgan fingerprint density at radius 1 is 1.35 bits per heavy atom. The molecule has 1 amide bonds. The predicted molar refractivity (Wildman–Crippen MR) is 99.6 cm³/mol. The summed E-state index contributed by atoms with van der Waals surface area (Å²) in [5.74, 6) is 0.844. The Bertz CT molecular complexity index is 1160. The van der Waals surface area contributed by atoms with Gasteiger partial charge in [0.15, 0.2) is 0 Å². The Hall–Kier alpha value is -3.07. The molecule has 0 spiro atoms. The Kier molecular flexibility index (Phi) is 4.00. The lowest BCUT2D eigenvalue weighted by molar-refractivity contribution is -0.117. The van der Waals surface area contributed by atoms with Crippen molar-refractivity contribution in [2.24, 2.45) is 0 Å².